The molecular formula is C41H72O9. The molecule has 2 aliphatic heterocycles. The number of carboxylic acid groups (broad SMARTS) is 1. The highest BCUT2D eigenvalue weighted by atomic mass is 16.6. The Kier molecular flexibility index (Phi) is 17.7. The summed E-state index contributed by atoms with van der Waals surface area (Å²) < 4.78 is 12.7. The van der Waals surface area contributed by atoms with Crippen molar-refractivity contribution in [1.82, 2.24) is 0 Å². The third-order valence-electron chi connectivity index (χ3n) is 11.9. The molecule has 14 atom stereocenters. The molecule has 2 saturated heterocycles. The lowest BCUT2D eigenvalue weighted by Gasteiger charge is -2.35. The van der Waals surface area contributed by atoms with Gasteiger partial charge in [-0.25, -0.2) is 0 Å². The minimum atomic E-state index is -0.781. The van der Waals surface area contributed by atoms with Crippen LogP contribution in [0.4, 0.5) is 0 Å². The van der Waals surface area contributed by atoms with Crippen molar-refractivity contribution in [3.05, 3.63) is 24.0 Å². The molecule has 0 saturated carbocycles. The van der Waals surface area contributed by atoms with E-state index < -0.39 is 35.5 Å². The number of rotatable bonds is 22. The van der Waals surface area contributed by atoms with Crippen molar-refractivity contribution in [2.24, 2.45) is 41.4 Å². The summed E-state index contributed by atoms with van der Waals surface area (Å²) >= 11 is 0. The first-order valence-corrected chi connectivity index (χ1v) is 19.4. The van der Waals surface area contributed by atoms with Gasteiger partial charge in [-0.3, -0.25) is 9.59 Å². The normalized spacial score (nSPS) is 30.7. The summed E-state index contributed by atoms with van der Waals surface area (Å²) in [7, 11) is 0. The molecule has 0 aromatic rings. The smallest absolute Gasteiger partial charge is 0.303 e. The van der Waals surface area contributed by atoms with E-state index in [1.165, 1.54) is 6.08 Å². The van der Waals surface area contributed by atoms with Crippen molar-refractivity contribution in [3.8, 4) is 0 Å². The first kappa shape index (κ1) is 44.4. The van der Waals surface area contributed by atoms with Gasteiger partial charge in [-0.1, -0.05) is 60.6 Å². The zero-order valence-electron chi connectivity index (χ0n) is 32.8. The van der Waals surface area contributed by atoms with E-state index in [1.807, 2.05) is 40.7 Å². The largest absolute Gasteiger partial charge is 0.512 e. The minimum absolute atomic E-state index is 0.0809. The molecule has 2 aliphatic rings. The van der Waals surface area contributed by atoms with E-state index in [4.69, 9.17) is 14.6 Å². The van der Waals surface area contributed by atoms with E-state index in [0.29, 0.717) is 25.7 Å². The van der Waals surface area contributed by atoms with Gasteiger partial charge in [0.05, 0.1) is 47.5 Å². The molecule has 14 unspecified atom stereocenters. The van der Waals surface area contributed by atoms with E-state index in [0.717, 1.165) is 38.5 Å². The van der Waals surface area contributed by atoms with Gasteiger partial charge in [0.15, 0.2) is 5.78 Å². The summed E-state index contributed by atoms with van der Waals surface area (Å²) in [5.74, 6) is -0.810. The molecular weight excluding hydrogens is 636 g/mol. The second-order valence-electron chi connectivity index (χ2n) is 17.1. The molecule has 5 N–H and O–H groups in total. The van der Waals surface area contributed by atoms with E-state index in [1.54, 1.807) is 6.92 Å². The number of aliphatic hydroxyl groups excluding tert-OH is 4. The number of carbonyl (C=O) groups is 2. The number of carbonyl (C=O) groups excluding carboxylic acids is 1. The predicted molar refractivity (Wildman–Crippen MR) is 198 cm³/mol. The summed E-state index contributed by atoms with van der Waals surface area (Å²) in [6.45, 7) is 19.7. The van der Waals surface area contributed by atoms with E-state index in [2.05, 4.69) is 33.8 Å². The monoisotopic (exact) mass is 709 g/mol. The molecule has 290 valence electrons. The average molecular weight is 709 g/mol. The van der Waals surface area contributed by atoms with E-state index in [9.17, 15) is 30.0 Å². The van der Waals surface area contributed by atoms with Crippen LogP contribution in [0, 0.1) is 41.4 Å². The molecule has 2 fully saturated rings. The van der Waals surface area contributed by atoms with Crippen LogP contribution in [0.15, 0.2) is 24.0 Å². The Labute approximate surface area is 302 Å². The summed E-state index contributed by atoms with van der Waals surface area (Å²) in [4.78, 5) is 23.7. The number of aliphatic carboxylic acids is 1. The summed E-state index contributed by atoms with van der Waals surface area (Å²) in [5, 5.41) is 51.9. The molecule has 0 bridgehead atoms. The van der Waals surface area contributed by atoms with Crippen molar-refractivity contribution in [1.29, 1.82) is 0 Å². The summed E-state index contributed by atoms with van der Waals surface area (Å²) in [6, 6.07) is 0. The molecule has 2 heterocycles. The van der Waals surface area contributed by atoms with Gasteiger partial charge in [-0.05, 0) is 103 Å². The van der Waals surface area contributed by atoms with Gasteiger partial charge >= 0.3 is 5.97 Å². The number of aliphatic hydroxyl groups is 4. The summed E-state index contributed by atoms with van der Waals surface area (Å²) in [5.41, 5.74) is -1.01. The fourth-order valence-electron chi connectivity index (χ4n) is 8.02. The Morgan fingerprint density at radius 3 is 2.06 bits per heavy atom. The number of ether oxygens (including phenoxy) is 2. The van der Waals surface area contributed by atoms with Crippen molar-refractivity contribution < 1.29 is 44.6 Å². The maximum Gasteiger partial charge on any atom is 0.303 e. The maximum atomic E-state index is 12.8. The van der Waals surface area contributed by atoms with Gasteiger partial charge < -0.3 is 35.0 Å². The van der Waals surface area contributed by atoms with Gasteiger partial charge in [0.2, 0.25) is 0 Å². The van der Waals surface area contributed by atoms with Gasteiger partial charge in [0, 0.05) is 36.2 Å². The Bertz CT molecular complexity index is 1120. The van der Waals surface area contributed by atoms with E-state index in [-0.39, 0.29) is 71.6 Å². The molecule has 0 spiro atoms. The number of hydrogen-bond donors (Lipinski definition) is 5. The van der Waals surface area contributed by atoms with Crippen LogP contribution >= 0.6 is 0 Å². The average Bonchev–Trinajstić information content (AvgIpc) is 3.63. The second kappa shape index (κ2) is 19.9. The quantitative estimate of drug-likeness (QED) is 0.0431. The minimum Gasteiger partial charge on any atom is -0.512 e. The fraction of sp³-hybridized carbons (Fsp3) is 0.854. The molecule has 0 amide bonds. The zero-order chi connectivity index (χ0) is 38.0. The summed E-state index contributed by atoms with van der Waals surface area (Å²) in [6.07, 6.45) is 10.8. The standard InChI is InChI=1S/C41H72O9/c1-25(21-29(5)34(43)24-35(44)30(6)22-27(3)20-26(2)14-15-38(46)47)12-11-13-28(4)39(48)31(7)36(45)23-33-16-18-41(10,49-33)37-17-19-40(9,50-37)32(8)42/h11,13,24-33,36-37,39,42-43,45,48H,12,14-23H2,1-10H3,(H,46,47)/b13-11+,34-24-. The van der Waals surface area contributed by atoms with Gasteiger partial charge in [-0.15, -0.1) is 0 Å². The van der Waals surface area contributed by atoms with Crippen LogP contribution in [0.5, 0.6) is 0 Å². The van der Waals surface area contributed by atoms with Gasteiger partial charge in [0.25, 0.3) is 0 Å². The third-order valence-corrected chi connectivity index (χ3v) is 11.9. The first-order chi connectivity index (χ1) is 23.2. The van der Waals surface area contributed by atoms with Crippen LogP contribution in [0.25, 0.3) is 0 Å². The molecule has 2 rings (SSSR count). The Morgan fingerprint density at radius 1 is 0.820 bits per heavy atom. The molecule has 0 radical (unpaired) electrons. The highest BCUT2D eigenvalue weighted by Gasteiger charge is 2.51. The van der Waals surface area contributed by atoms with Crippen LogP contribution < -0.4 is 0 Å². The lowest BCUT2D eigenvalue weighted by atomic mass is 9.85. The van der Waals surface area contributed by atoms with Crippen LogP contribution in [0.1, 0.15) is 140 Å². The topological polar surface area (TPSA) is 154 Å². The number of allylic oxidation sites excluding steroid dienone is 3. The lowest BCUT2D eigenvalue weighted by Crippen LogP contribution is -2.44. The van der Waals surface area contributed by atoms with Gasteiger partial charge in [0.1, 0.15) is 0 Å². The molecule has 0 aromatic heterocycles. The van der Waals surface area contributed by atoms with Crippen LogP contribution in [-0.2, 0) is 19.1 Å². The van der Waals surface area contributed by atoms with Crippen LogP contribution in [-0.4, -0.2) is 79.0 Å². The Morgan fingerprint density at radius 2 is 1.46 bits per heavy atom. The maximum absolute atomic E-state index is 12.8. The second-order valence-corrected chi connectivity index (χ2v) is 17.1. The first-order valence-electron chi connectivity index (χ1n) is 19.4. The molecule has 0 aromatic carbocycles. The Balaban J connectivity index is 1.77. The third kappa shape index (κ3) is 13.6. The lowest BCUT2D eigenvalue weighted by molar-refractivity contribution is -0.172. The highest BCUT2D eigenvalue weighted by Crippen LogP contribution is 2.45. The molecule has 9 nitrogen and oxygen atoms in total. The van der Waals surface area contributed by atoms with Crippen LogP contribution in [0.3, 0.4) is 0 Å². The Hall–Kier alpha value is -1.78. The number of carboxylic acids is 1. The van der Waals surface area contributed by atoms with Gasteiger partial charge in [-0.2, -0.15) is 0 Å². The molecule has 9 heteroatoms. The fourth-order valence-corrected chi connectivity index (χ4v) is 8.02. The van der Waals surface area contributed by atoms with Crippen molar-refractivity contribution in [2.45, 2.75) is 182 Å². The van der Waals surface area contributed by atoms with Crippen LogP contribution in [0.2, 0.25) is 0 Å². The number of hydrogen-bond acceptors (Lipinski definition) is 8. The van der Waals surface area contributed by atoms with E-state index >= 15 is 0 Å². The predicted octanol–water partition coefficient (Wildman–Crippen LogP) is 7.80. The molecule has 0 aliphatic carbocycles. The van der Waals surface area contributed by atoms with Crippen molar-refractivity contribution in [3.63, 3.8) is 0 Å². The zero-order valence-corrected chi connectivity index (χ0v) is 32.8. The SMILES string of the molecule is CC(CCC(=O)O)CC(C)CC(C)C(=O)/C=C(\O)C(C)CC(C)C/C=C/C(C)C(O)C(C)C(O)CC1CCC(C)(C2CCC(C)(C(C)O)O2)O1. The highest BCUT2D eigenvalue weighted by molar-refractivity contribution is 5.91. The molecule has 50 heavy (non-hydrogen) atoms. The number of ketones is 1. The van der Waals surface area contributed by atoms with Crippen molar-refractivity contribution >= 4 is 11.8 Å². The van der Waals surface area contributed by atoms with Crippen molar-refractivity contribution in [2.75, 3.05) is 0 Å².